The van der Waals surface area contributed by atoms with Crippen LogP contribution < -0.4 is 38.9 Å². The fourth-order valence-corrected chi connectivity index (χ4v) is 2.77. The van der Waals surface area contributed by atoms with Crippen LogP contribution in [0.25, 0.3) is 0 Å². The molecule has 0 fully saturated rings. The number of carboxylic acid groups (broad SMARTS) is 1. The standard InChI is InChI=1S/C19H36N8O8/c1-8(28)13(26-15(31)10(20)5-6-12(21)30)17(33)25-11(4-3-7-24-19(22)23)16(32)27-14(9(2)29)18(34)35/h8-11,13-14,28-29H,3-7,20H2,1-2H3,(H2,21,30)(H,25,33)(H,26,31)(H,27,32)(H,34,35)(H4,22,23,24). The fourth-order valence-electron chi connectivity index (χ4n) is 2.77. The zero-order valence-electron chi connectivity index (χ0n) is 19.6. The van der Waals surface area contributed by atoms with Crippen LogP contribution in [0, 0.1) is 0 Å². The van der Waals surface area contributed by atoms with Gasteiger partial charge in [0.1, 0.15) is 12.1 Å². The normalized spacial score (nSPS) is 15.9. The molecule has 0 saturated carbocycles. The Hall–Kier alpha value is -3.50. The molecule has 6 atom stereocenters. The van der Waals surface area contributed by atoms with E-state index >= 15 is 0 Å². The highest BCUT2D eigenvalue weighted by atomic mass is 16.4. The molecule has 200 valence electrons. The molecule has 4 amide bonds. The molecule has 0 aromatic carbocycles. The summed E-state index contributed by atoms with van der Waals surface area (Å²) in [6.45, 7) is 2.46. The molecule has 0 aliphatic heterocycles. The van der Waals surface area contributed by atoms with Crippen molar-refractivity contribution < 1.29 is 39.3 Å². The molecule has 0 aromatic rings. The highest BCUT2D eigenvalue weighted by molar-refractivity contribution is 5.94. The van der Waals surface area contributed by atoms with Crippen LogP contribution in [0.15, 0.2) is 4.99 Å². The van der Waals surface area contributed by atoms with Gasteiger partial charge in [-0.05, 0) is 33.1 Å². The number of hydrogen-bond acceptors (Lipinski definition) is 9. The van der Waals surface area contributed by atoms with Crippen LogP contribution in [-0.2, 0) is 24.0 Å². The Morgan fingerprint density at radius 1 is 0.829 bits per heavy atom. The van der Waals surface area contributed by atoms with E-state index in [-0.39, 0.29) is 38.2 Å². The average molecular weight is 505 g/mol. The summed E-state index contributed by atoms with van der Waals surface area (Å²) in [5.74, 6) is -5.13. The molecule has 0 aliphatic rings. The minimum Gasteiger partial charge on any atom is -0.480 e. The Morgan fingerprint density at radius 3 is 1.83 bits per heavy atom. The SMILES string of the molecule is CC(O)C(NC(=O)C(CCCN=C(N)N)NC(=O)C(NC(=O)C(N)CCC(N)=O)C(C)O)C(=O)O. The van der Waals surface area contributed by atoms with Gasteiger partial charge in [0, 0.05) is 13.0 Å². The van der Waals surface area contributed by atoms with E-state index in [1.165, 1.54) is 6.92 Å². The highest BCUT2D eigenvalue weighted by Crippen LogP contribution is 2.05. The Kier molecular flexibility index (Phi) is 13.9. The van der Waals surface area contributed by atoms with Crippen LogP contribution in [0.5, 0.6) is 0 Å². The number of nitrogens with two attached hydrogens (primary N) is 4. The summed E-state index contributed by atoms with van der Waals surface area (Å²) in [6, 6.07) is -5.73. The zero-order chi connectivity index (χ0) is 27.3. The minimum absolute atomic E-state index is 0.0564. The van der Waals surface area contributed by atoms with Gasteiger partial charge in [0.25, 0.3) is 0 Å². The summed E-state index contributed by atoms with van der Waals surface area (Å²) in [7, 11) is 0. The lowest BCUT2D eigenvalue weighted by Gasteiger charge is -2.26. The third-order valence-corrected chi connectivity index (χ3v) is 4.73. The molecule has 14 N–H and O–H groups in total. The lowest BCUT2D eigenvalue weighted by Crippen LogP contribution is -2.60. The quantitative estimate of drug-likeness (QED) is 0.0538. The fraction of sp³-hybridized carbons (Fsp3) is 0.684. The highest BCUT2D eigenvalue weighted by Gasteiger charge is 2.33. The number of amides is 4. The largest absolute Gasteiger partial charge is 0.480 e. The van der Waals surface area contributed by atoms with Gasteiger partial charge in [-0.1, -0.05) is 0 Å². The Morgan fingerprint density at radius 2 is 1.37 bits per heavy atom. The van der Waals surface area contributed by atoms with Crippen molar-refractivity contribution in [3.63, 3.8) is 0 Å². The maximum absolute atomic E-state index is 12.8. The van der Waals surface area contributed by atoms with Gasteiger partial charge in [-0.15, -0.1) is 0 Å². The molecular weight excluding hydrogens is 468 g/mol. The Labute approximate surface area is 201 Å². The maximum Gasteiger partial charge on any atom is 0.328 e. The first-order valence-corrected chi connectivity index (χ1v) is 10.8. The second kappa shape index (κ2) is 15.4. The Bertz CT molecular complexity index is 785. The van der Waals surface area contributed by atoms with Gasteiger partial charge >= 0.3 is 5.97 Å². The number of aliphatic hydroxyl groups is 2. The average Bonchev–Trinajstić information content (AvgIpc) is 2.74. The van der Waals surface area contributed by atoms with Gasteiger partial charge in [0.15, 0.2) is 12.0 Å². The molecule has 0 heterocycles. The number of nitrogens with one attached hydrogen (secondary N) is 3. The van der Waals surface area contributed by atoms with E-state index in [9.17, 15) is 39.3 Å². The summed E-state index contributed by atoms with van der Waals surface area (Å²) in [5.41, 5.74) is 21.2. The number of carbonyl (C=O) groups is 5. The van der Waals surface area contributed by atoms with Crippen molar-refractivity contribution in [3.05, 3.63) is 0 Å². The van der Waals surface area contributed by atoms with E-state index in [1.807, 2.05) is 0 Å². The predicted octanol–water partition coefficient (Wildman–Crippen LogP) is -5.07. The molecule has 0 aliphatic carbocycles. The molecule has 16 nitrogen and oxygen atoms in total. The monoisotopic (exact) mass is 504 g/mol. The first kappa shape index (κ1) is 31.5. The van der Waals surface area contributed by atoms with Gasteiger partial charge in [0.05, 0.1) is 18.2 Å². The number of rotatable bonds is 16. The van der Waals surface area contributed by atoms with Crippen LogP contribution in [-0.4, -0.2) is 93.8 Å². The number of aliphatic carboxylic acids is 1. The van der Waals surface area contributed by atoms with Crippen molar-refractivity contribution in [2.24, 2.45) is 27.9 Å². The Balaban J connectivity index is 5.52. The van der Waals surface area contributed by atoms with Crippen molar-refractivity contribution in [1.82, 2.24) is 16.0 Å². The van der Waals surface area contributed by atoms with Crippen LogP contribution in [0.1, 0.15) is 39.5 Å². The van der Waals surface area contributed by atoms with Gasteiger partial charge in [-0.25, -0.2) is 4.79 Å². The van der Waals surface area contributed by atoms with E-state index in [2.05, 4.69) is 20.9 Å². The van der Waals surface area contributed by atoms with Crippen molar-refractivity contribution in [2.45, 2.75) is 75.9 Å². The van der Waals surface area contributed by atoms with Crippen LogP contribution in [0.4, 0.5) is 0 Å². The second-order valence-corrected chi connectivity index (χ2v) is 7.91. The molecule has 6 unspecified atom stereocenters. The third kappa shape index (κ3) is 12.5. The number of hydrogen-bond donors (Lipinski definition) is 10. The van der Waals surface area contributed by atoms with Crippen molar-refractivity contribution in [1.29, 1.82) is 0 Å². The van der Waals surface area contributed by atoms with Crippen molar-refractivity contribution in [2.75, 3.05) is 6.54 Å². The zero-order valence-corrected chi connectivity index (χ0v) is 19.6. The van der Waals surface area contributed by atoms with Crippen LogP contribution in [0.2, 0.25) is 0 Å². The number of nitrogens with zero attached hydrogens (tertiary/aromatic N) is 1. The number of carboxylic acids is 1. The van der Waals surface area contributed by atoms with Crippen LogP contribution >= 0.6 is 0 Å². The lowest BCUT2D eigenvalue weighted by molar-refractivity contribution is -0.145. The predicted molar refractivity (Wildman–Crippen MR) is 123 cm³/mol. The topological polar surface area (TPSA) is 299 Å². The first-order valence-electron chi connectivity index (χ1n) is 10.8. The molecular formula is C19H36N8O8. The van der Waals surface area contributed by atoms with Crippen LogP contribution in [0.3, 0.4) is 0 Å². The van der Waals surface area contributed by atoms with E-state index in [0.29, 0.717) is 0 Å². The van der Waals surface area contributed by atoms with Gasteiger partial charge < -0.3 is 54.2 Å². The molecule has 0 rings (SSSR count). The van der Waals surface area contributed by atoms with Crippen molar-refractivity contribution in [3.8, 4) is 0 Å². The molecule has 16 heteroatoms. The van der Waals surface area contributed by atoms with E-state index < -0.39 is 66.0 Å². The number of primary amides is 1. The third-order valence-electron chi connectivity index (χ3n) is 4.73. The summed E-state index contributed by atoms with van der Waals surface area (Å²) < 4.78 is 0. The molecule has 0 saturated heterocycles. The summed E-state index contributed by atoms with van der Waals surface area (Å²) in [6.07, 6.45) is -3.00. The van der Waals surface area contributed by atoms with E-state index in [1.54, 1.807) is 0 Å². The number of carbonyl (C=O) groups excluding carboxylic acids is 4. The maximum atomic E-state index is 12.8. The number of aliphatic imine (C=N–C) groups is 1. The van der Waals surface area contributed by atoms with E-state index in [0.717, 1.165) is 6.92 Å². The summed E-state index contributed by atoms with van der Waals surface area (Å²) in [4.78, 5) is 63.7. The molecule has 0 bridgehead atoms. The van der Waals surface area contributed by atoms with Crippen molar-refractivity contribution >= 4 is 35.6 Å². The molecule has 0 aromatic heterocycles. The smallest absolute Gasteiger partial charge is 0.328 e. The molecule has 35 heavy (non-hydrogen) atoms. The lowest BCUT2D eigenvalue weighted by atomic mass is 10.1. The number of guanidine groups is 1. The van der Waals surface area contributed by atoms with Gasteiger partial charge in [-0.2, -0.15) is 0 Å². The van der Waals surface area contributed by atoms with Gasteiger partial charge in [-0.3, -0.25) is 24.2 Å². The summed E-state index contributed by atoms with van der Waals surface area (Å²) >= 11 is 0. The second-order valence-electron chi connectivity index (χ2n) is 7.91. The van der Waals surface area contributed by atoms with Gasteiger partial charge in [0.2, 0.25) is 23.6 Å². The molecule has 0 spiro atoms. The molecule has 0 radical (unpaired) electrons. The minimum atomic E-state index is -1.66. The summed E-state index contributed by atoms with van der Waals surface area (Å²) in [5, 5.41) is 35.5. The van der Waals surface area contributed by atoms with E-state index in [4.69, 9.17) is 22.9 Å². The first-order chi connectivity index (χ1) is 16.2. The number of aliphatic hydroxyl groups excluding tert-OH is 2.